The molecule has 4 rings (SSSR count). The summed E-state index contributed by atoms with van der Waals surface area (Å²) in [6, 6.07) is 3.75. The predicted molar refractivity (Wildman–Crippen MR) is 82.8 cm³/mol. The van der Waals surface area contributed by atoms with Gasteiger partial charge in [0, 0.05) is 23.6 Å². The molecule has 1 aromatic carbocycles. The Hall–Kier alpha value is -2.63. The Kier molecular flexibility index (Phi) is 3.51. The van der Waals surface area contributed by atoms with Crippen LogP contribution in [0.3, 0.4) is 0 Å². The lowest BCUT2D eigenvalue weighted by molar-refractivity contribution is -0.388. The van der Waals surface area contributed by atoms with Gasteiger partial charge < -0.3 is 0 Å². The van der Waals surface area contributed by atoms with Crippen molar-refractivity contribution in [2.24, 2.45) is 23.7 Å². The zero-order chi connectivity index (χ0) is 18.8. The molecule has 5 unspecified atom stereocenters. The summed E-state index contributed by atoms with van der Waals surface area (Å²) in [4.78, 5) is 23.8. The van der Waals surface area contributed by atoms with Gasteiger partial charge in [-0.15, -0.1) is 0 Å². The smallest absolute Gasteiger partial charge is 0.295 e. The number of halogens is 3. The van der Waals surface area contributed by atoms with Crippen molar-refractivity contribution in [1.29, 1.82) is 5.26 Å². The molecular formula is C17H14F3N3O3. The Balaban J connectivity index is 1.79. The number of nitro groups is 1. The van der Waals surface area contributed by atoms with Crippen LogP contribution < -0.4 is 4.90 Å². The summed E-state index contributed by atoms with van der Waals surface area (Å²) >= 11 is 0. The number of alkyl halides is 3. The van der Waals surface area contributed by atoms with Crippen LogP contribution in [0.15, 0.2) is 18.2 Å². The van der Waals surface area contributed by atoms with Gasteiger partial charge in [0.2, 0.25) is 5.91 Å². The van der Waals surface area contributed by atoms with E-state index < -0.39 is 28.4 Å². The molecule has 2 bridgehead atoms. The molecule has 0 spiro atoms. The van der Waals surface area contributed by atoms with Gasteiger partial charge in [-0.1, -0.05) is 0 Å². The molecule has 26 heavy (non-hydrogen) atoms. The monoisotopic (exact) mass is 365 g/mol. The molecule has 136 valence electrons. The van der Waals surface area contributed by atoms with E-state index >= 15 is 0 Å². The summed E-state index contributed by atoms with van der Waals surface area (Å²) in [5.41, 5.74) is -2.58. The summed E-state index contributed by atoms with van der Waals surface area (Å²) in [6.07, 6.45) is -2.21. The Bertz CT molecular complexity index is 848. The third kappa shape index (κ3) is 2.21. The molecule has 1 aromatic rings. The molecule has 1 amide bonds. The van der Waals surface area contributed by atoms with Crippen LogP contribution in [0.5, 0.6) is 0 Å². The van der Waals surface area contributed by atoms with Gasteiger partial charge in [0.25, 0.3) is 5.69 Å². The van der Waals surface area contributed by atoms with Crippen LogP contribution >= 0.6 is 0 Å². The normalized spacial score (nSPS) is 32.6. The lowest BCUT2D eigenvalue weighted by Gasteiger charge is -2.25. The van der Waals surface area contributed by atoms with E-state index in [1.165, 1.54) is 0 Å². The minimum atomic E-state index is -4.93. The van der Waals surface area contributed by atoms with Crippen LogP contribution in [-0.4, -0.2) is 16.9 Å². The van der Waals surface area contributed by atoms with Crippen molar-refractivity contribution < 1.29 is 22.9 Å². The van der Waals surface area contributed by atoms with Crippen molar-refractivity contribution >= 4 is 17.3 Å². The molecule has 1 heterocycles. The lowest BCUT2D eigenvalue weighted by Crippen LogP contribution is -2.36. The van der Waals surface area contributed by atoms with Gasteiger partial charge in [0.05, 0.1) is 11.0 Å². The van der Waals surface area contributed by atoms with Crippen molar-refractivity contribution in [2.75, 3.05) is 4.90 Å². The highest BCUT2D eigenvalue weighted by atomic mass is 19.4. The number of carbonyl (C=O) groups is 1. The summed E-state index contributed by atoms with van der Waals surface area (Å²) in [5, 5.41) is 20.5. The number of carbonyl (C=O) groups excluding carboxylic acids is 1. The van der Waals surface area contributed by atoms with Crippen LogP contribution in [0.25, 0.3) is 0 Å². The summed E-state index contributed by atoms with van der Waals surface area (Å²) in [5.74, 6) is -0.420. The Morgan fingerprint density at radius 1 is 1.27 bits per heavy atom. The third-order valence-electron chi connectivity index (χ3n) is 6.04. The summed E-state index contributed by atoms with van der Waals surface area (Å²) < 4.78 is 39.7. The maximum absolute atomic E-state index is 13.2. The molecule has 1 aliphatic heterocycles. The highest BCUT2D eigenvalue weighted by Gasteiger charge is 2.61. The van der Waals surface area contributed by atoms with Gasteiger partial charge in [-0.3, -0.25) is 19.8 Å². The number of hydrogen-bond acceptors (Lipinski definition) is 4. The number of nitro benzene ring substituents is 1. The van der Waals surface area contributed by atoms with Gasteiger partial charge >= 0.3 is 6.18 Å². The van der Waals surface area contributed by atoms with Crippen molar-refractivity contribution in [3.05, 3.63) is 33.9 Å². The molecule has 0 radical (unpaired) electrons. The minimum Gasteiger partial charge on any atom is -0.295 e. The summed E-state index contributed by atoms with van der Waals surface area (Å²) in [6.45, 7) is 0. The first-order valence-electron chi connectivity index (χ1n) is 8.32. The van der Waals surface area contributed by atoms with E-state index in [4.69, 9.17) is 0 Å². The number of amides is 1. The zero-order valence-corrected chi connectivity index (χ0v) is 13.4. The highest BCUT2D eigenvalue weighted by Crippen LogP contribution is 2.58. The van der Waals surface area contributed by atoms with Crippen LogP contribution in [0.2, 0.25) is 0 Å². The topological polar surface area (TPSA) is 87.2 Å². The van der Waals surface area contributed by atoms with Crippen LogP contribution in [0, 0.1) is 45.1 Å². The zero-order valence-electron chi connectivity index (χ0n) is 13.4. The average molecular weight is 365 g/mol. The van der Waals surface area contributed by atoms with Gasteiger partial charge in [0.1, 0.15) is 11.6 Å². The van der Waals surface area contributed by atoms with Gasteiger partial charge in [-0.2, -0.15) is 18.4 Å². The molecule has 0 aromatic heterocycles. The Morgan fingerprint density at radius 2 is 1.96 bits per heavy atom. The molecule has 3 fully saturated rings. The van der Waals surface area contributed by atoms with Gasteiger partial charge in [-0.25, -0.2) is 0 Å². The van der Waals surface area contributed by atoms with E-state index in [-0.39, 0.29) is 35.3 Å². The average Bonchev–Trinajstić information content (AvgIpc) is 3.25. The largest absolute Gasteiger partial charge is 0.423 e. The number of anilines is 1. The van der Waals surface area contributed by atoms with Crippen LogP contribution in [0.1, 0.15) is 24.8 Å². The second-order valence-electron chi connectivity index (χ2n) is 7.17. The summed E-state index contributed by atoms with van der Waals surface area (Å²) in [7, 11) is 0. The first-order valence-corrected chi connectivity index (χ1v) is 8.32. The van der Waals surface area contributed by atoms with Crippen molar-refractivity contribution in [3.8, 4) is 6.07 Å². The Morgan fingerprint density at radius 3 is 2.58 bits per heavy atom. The maximum atomic E-state index is 13.2. The van der Waals surface area contributed by atoms with E-state index in [0.717, 1.165) is 36.3 Å². The fourth-order valence-electron chi connectivity index (χ4n) is 5.12. The molecular weight excluding hydrogens is 351 g/mol. The van der Waals surface area contributed by atoms with Crippen LogP contribution in [-0.2, 0) is 11.0 Å². The predicted octanol–water partition coefficient (Wildman–Crippen LogP) is 3.51. The molecule has 0 N–H and O–H groups in total. The molecule has 2 aliphatic carbocycles. The Labute approximate surface area is 146 Å². The number of nitriles is 1. The SMILES string of the molecule is N#CC1C2C3CCC(C3)C2C(=O)N1c1ccc([N+](=O)[O-])c(C(F)(F)F)c1. The number of fused-ring (bicyclic) bond motifs is 5. The van der Waals surface area contributed by atoms with Crippen LogP contribution in [0.4, 0.5) is 24.5 Å². The fraction of sp³-hybridized carbons (Fsp3) is 0.529. The minimum absolute atomic E-state index is 0.103. The lowest BCUT2D eigenvalue weighted by atomic mass is 9.78. The molecule has 3 aliphatic rings. The van der Waals surface area contributed by atoms with E-state index in [9.17, 15) is 33.3 Å². The van der Waals surface area contributed by atoms with Crippen molar-refractivity contribution in [1.82, 2.24) is 0 Å². The quantitative estimate of drug-likeness (QED) is 0.593. The van der Waals surface area contributed by atoms with Crippen molar-refractivity contribution in [2.45, 2.75) is 31.5 Å². The van der Waals surface area contributed by atoms with E-state index in [1.807, 2.05) is 0 Å². The molecule has 2 saturated carbocycles. The first-order chi connectivity index (χ1) is 12.2. The van der Waals surface area contributed by atoms with Crippen molar-refractivity contribution in [3.63, 3.8) is 0 Å². The molecule has 9 heteroatoms. The number of nitrogens with zero attached hydrogens (tertiary/aromatic N) is 3. The molecule has 5 atom stereocenters. The highest BCUT2D eigenvalue weighted by molar-refractivity contribution is 6.00. The van der Waals surface area contributed by atoms with E-state index in [1.54, 1.807) is 0 Å². The van der Waals surface area contributed by atoms with E-state index in [2.05, 4.69) is 6.07 Å². The number of hydrogen-bond donors (Lipinski definition) is 0. The number of rotatable bonds is 2. The van der Waals surface area contributed by atoms with E-state index in [0.29, 0.717) is 6.07 Å². The molecule has 1 saturated heterocycles. The second-order valence-corrected chi connectivity index (χ2v) is 7.17. The fourth-order valence-corrected chi connectivity index (χ4v) is 5.12. The second kappa shape index (κ2) is 5.43. The van der Waals surface area contributed by atoms with Gasteiger partial charge in [0.15, 0.2) is 0 Å². The third-order valence-corrected chi connectivity index (χ3v) is 6.04. The standard InChI is InChI=1S/C17H14F3N3O3/c18-17(19,20)11-6-10(3-4-12(11)23(25)26)22-13(7-21)14-8-1-2-9(5-8)15(14)16(22)24/h3-4,6,8-9,13-15H,1-2,5H2. The van der Waals surface area contributed by atoms with Gasteiger partial charge in [-0.05, 0) is 43.2 Å². The first kappa shape index (κ1) is 16.8. The maximum Gasteiger partial charge on any atom is 0.423 e. The molecule has 6 nitrogen and oxygen atoms in total. The number of benzene rings is 1.